The molecule has 0 aliphatic heterocycles. The highest BCUT2D eigenvalue weighted by Crippen LogP contribution is 1.95. The summed E-state index contributed by atoms with van der Waals surface area (Å²) in [6, 6.07) is -0.770. The van der Waals surface area contributed by atoms with Gasteiger partial charge < -0.3 is 14.4 Å². The van der Waals surface area contributed by atoms with Gasteiger partial charge in [0.1, 0.15) is 6.04 Å². The van der Waals surface area contributed by atoms with Gasteiger partial charge in [0.2, 0.25) is 5.89 Å². The summed E-state index contributed by atoms with van der Waals surface area (Å²) in [6.07, 6.45) is 0. The lowest BCUT2D eigenvalue weighted by molar-refractivity contribution is -0.140. The molecular weight excluding hydrogens is 202 g/mol. The molecule has 0 bridgehead atoms. The van der Waals surface area contributed by atoms with E-state index >= 15 is 0 Å². The van der Waals surface area contributed by atoms with E-state index in [2.05, 4.69) is 15.5 Å². The summed E-state index contributed by atoms with van der Waals surface area (Å²) in [4.78, 5) is 14.6. The summed E-state index contributed by atoms with van der Waals surface area (Å²) in [5.74, 6) is -0.0997. The summed E-state index contributed by atoms with van der Waals surface area (Å²) in [6.45, 7) is 1.99. The van der Waals surface area contributed by atoms with Crippen LogP contribution in [0.2, 0.25) is 0 Å². The lowest BCUT2D eigenvalue weighted by Gasteiger charge is -2.11. The number of hydrogen-bond donors (Lipinski definition) is 2. The molecule has 1 aromatic heterocycles. The Morgan fingerprint density at radius 2 is 2.47 bits per heavy atom. The third-order valence-electron chi connectivity index (χ3n) is 1.71. The van der Waals surface area contributed by atoms with Crippen LogP contribution in [0, 0.1) is 6.92 Å². The molecule has 0 amide bonds. The first-order chi connectivity index (χ1) is 7.13. The van der Waals surface area contributed by atoms with Gasteiger partial charge in [0.15, 0.2) is 5.82 Å². The smallest absolute Gasteiger partial charge is 0.323 e. The summed E-state index contributed by atoms with van der Waals surface area (Å²) >= 11 is 0. The monoisotopic (exact) mass is 215 g/mol. The number of nitrogens with one attached hydrogen (secondary N) is 1. The van der Waals surface area contributed by atoms with Crippen LogP contribution in [-0.4, -0.2) is 41.0 Å². The van der Waals surface area contributed by atoms with Crippen LogP contribution in [0.5, 0.6) is 0 Å². The molecule has 7 nitrogen and oxygen atoms in total. The van der Waals surface area contributed by atoms with E-state index < -0.39 is 12.0 Å². The summed E-state index contributed by atoms with van der Waals surface area (Å²) < 4.78 is 9.49. The number of rotatable bonds is 6. The number of methoxy groups -OCH3 is 1. The van der Waals surface area contributed by atoms with E-state index in [1.807, 2.05) is 0 Å². The number of carbonyl (C=O) groups is 1. The summed E-state index contributed by atoms with van der Waals surface area (Å²) in [5, 5.41) is 15.1. The zero-order valence-corrected chi connectivity index (χ0v) is 8.56. The lowest BCUT2D eigenvalue weighted by Crippen LogP contribution is -2.40. The van der Waals surface area contributed by atoms with Crippen molar-refractivity contribution in [1.29, 1.82) is 0 Å². The van der Waals surface area contributed by atoms with Crippen molar-refractivity contribution in [2.75, 3.05) is 13.7 Å². The van der Waals surface area contributed by atoms with Crippen LogP contribution in [0.4, 0.5) is 0 Å². The number of hydrogen-bond acceptors (Lipinski definition) is 6. The van der Waals surface area contributed by atoms with E-state index in [0.29, 0.717) is 11.7 Å². The molecule has 15 heavy (non-hydrogen) atoms. The summed E-state index contributed by atoms with van der Waals surface area (Å²) in [5.41, 5.74) is 0. The standard InChI is InChI=1S/C8H13N3O4/c1-5-10-7(11-15-5)3-9-6(4-14-2)8(12)13/h6,9H,3-4H2,1-2H3,(H,12,13). The molecule has 84 valence electrons. The largest absolute Gasteiger partial charge is 0.480 e. The molecule has 1 atom stereocenters. The molecule has 0 aliphatic rings. The van der Waals surface area contributed by atoms with E-state index in [0.717, 1.165) is 0 Å². The first kappa shape index (κ1) is 11.6. The van der Waals surface area contributed by atoms with E-state index in [4.69, 9.17) is 14.4 Å². The SMILES string of the molecule is COCC(NCc1noc(C)n1)C(=O)O. The van der Waals surface area contributed by atoms with Gasteiger partial charge in [-0.3, -0.25) is 10.1 Å². The second-order valence-electron chi connectivity index (χ2n) is 2.96. The van der Waals surface area contributed by atoms with Gasteiger partial charge in [-0.1, -0.05) is 5.16 Å². The maximum Gasteiger partial charge on any atom is 0.323 e. The Bertz CT molecular complexity index is 325. The van der Waals surface area contributed by atoms with Crippen LogP contribution < -0.4 is 5.32 Å². The number of aryl methyl sites for hydroxylation is 1. The van der Waals surface area contributed by atoms with Crippen molar-refractivity contribution in [2.45, 2.75) is 19.5 Å². The molecule has 0 spiro atoms. The van der Waals surface area contributed by atoms with Crippen LogP contribution in [-0.2, 0) is 16.1 Å². The van der Waals surface area contributed by atoms with Gasteiger partial charge in [-0.15, -0.1) is 0 Å². The van der Waals surface area contributed by atoms with Crippen molar-refractivity contribution in [3.05, 3.63) is 11.7 Å². The van der Waals surface area contributed by atoms with Crippen molar-refractivity contribution in [3.8, 4) is 0 Å². The first-order valence-corrected chi connectivity index (χ1v) is 4.37. The molecule has 1 heterocycles. The Balaban J connectivity index is 2.43. The second-order valence-corrected chi connectivity index (χ2v) is 2.96. The minimum absolute atomic E-state index is 0.0895. The number of carboxylic acid groups (broad SMARTS) is 1. The predicted octanol–water partition coefficient (Wildman–Crippen LogP) is -0.433. The Hall–Kier alpha value is -1.47. The third-order valence-corrected chi connectivity index (χ3v) is 1.71. The molecule has 1 rings (SSSR count). The molecule has 7 heteroatoms. The van der Waals surface area contributed by atoms with E-state index in [-0.39, 0.29) is 13.2 Å². The van der Waals surface area contributed by atoms with Crippen LogP contribution in [0.25, 0.3) is 0 Å². The molecule has 1 aromatic rings. The van der Waals surface area contributed by atoms with Crippen molar-refractivity contribution in [1.82, 2.24) is 15.5 Å². The Kier molecular flexibility index (Phi) is 4.19. The zero-order valence-electron chi connectivity index (χ0n) is 8.56. The van der Waals surface area contributed by atoms with Crippen molar-refractivity contribution >= 4 is 5.97 Å². The topological polar surface area (TPSA) is 97.5 Å². The summed E-state index contributed by atoms with van der Waals surface area (Å²) in [7, 11) is 1.44. The maximum atomic E-state index is 10.7. The fraction of sp³-hybridized carbons (Fsp3) is 0.625. The molecule has 2 N–H and O–H groups in total. The van der Waals surface area contributed by atoms with Gasteiger partial charge in [-0.05, 0) is 0 Å². The minimum atomic E-state index is -0.975. The quantitative estimate of drug-likeness (QED) is 0.664. The third kappa shape index (κ3) is 3.64. The molecule has 0 saturated heterocycles. The average Bonchev–Trinajstić information content (AvgIpc) is 2.58. The van der Waals surface area contributed by atoms with Crippen LogP contribution >= 0.6 is 0 Å². The van der Waals surface area contributed by atoms with E-state index in [1.165, 1.54) is 7.11 Å². The number of carboxylic acids is 1. The highest BCUT2D eigenvalue weighted by atomic mass is 16.5. The molecule has 0 aromatic carbocycles. The van der Waals surface area contributed by atoms with Crippen molar-refractivity contribution in [3.63, 3.8) is 0 Å². The van der Waals surface area contributed by atoms with Gasteiger partial charge in [-0.25, -0.2) is 0 Å². The molecule has 0 aliphatic carbocycles. The van der Waals surface area contributed by atoms with Crippen LogP contribution in [0.15, 0.2) is 4.52 Å². The average molecular weight is 215 g/mol. The maximum absolute atomic E-state index is 10.7. The van der Waals surface area contributed by atoms with Gasteiger partial charge in [0.05, 0.1) is 13.2 Å². The molecule has 1 unspecified atom stereocenters. The fourth-order valence-electron chi connectivity index (χ4n) is 1.01. The highest BCUT2D eigenvalue weighted by Gasteiger charge is 2.17. The highest BCUT2D eigenvalue weighted by molar-refractivity contribution is 5.73. The van der Waals surface area contributed by atoms with Crippen molar-refractivity contribution in [2.24, 2.45) is 0 Å². The minimum Gasteiger partial charge on any atom is -0.480 e. The fourth-order valence-corrected chi connectivity index (χ4v) is 1.01. The normalized spacial score (nSPS) is 12.7. The number of aromatic nitrogens is 2. The first-order valence-electron chi connectivity index (χ1n) is 4.37. The number of ether oxygens (including phenoxy) is 1. The Morgan fingerprint density at radius 3 is 2.93 bits per heavy atom. The molecule has 0 fully saturated rings. The van der Waals surface area contributed by atoms with Crippen LogP contribution in [0.3, 0.4) is 0 Å². The number of aliphatic carboxylic acids is 1. The second kappa shape index (κ2) is 5.42. The lowest BCUT2D eigenvalue weighted by atomic mass is 10.3. The van der Waals surface area contributed by atoms with Gasteiger partial charge in [0, 0.05) is 14.0 Å². The predicted molar refractivity (Wildman–Crippen MR) is 49.2 cm³/mol. The Morgan fingerprint density at radius 1 is 1.73 bits per heavy atom. The van der Waals surface area contributed by atoms with Crippen molar-refractivity contribution < 1.29 is 19.2 Å². The van der Waals surface area contributed by atoms with E-state index in [9.17, 15) is 4.79 Å². The van der Waals surface area contributed by atoms with Gasteiger partial charge in [-0.2, -0.15) is 4.98 Å². The zero-order chi connectivity index (χ0) is 11.3. The van der Waals surface area contributed by atoms with Gasteiger partial charge >= 0.3 is 5.97 Å². The molecule has 0 radical (unpaired) electrons. The van der Waals surface area contributed by atoms with Gasteiger partial charge in [0.25, 0.3) is 0 Å². The molecular formula is C8H13N3O4. The van der Waals surface area contributed by atoms with E-state index in [1.54, 1.807) is 6.92 Å². The Labute approximate surface area is 86.4 Å². The van der Waals surface area contributed by atoms with Crippen LogP contribution in [0.1, 0.15) is 11.7 Å². The number of nitrogens with zero attached hydrogens (tertiary/aromatic N) is 2. The molecule has 0 saturated carbocycles.